The maximum atomic E-state index is 2.79. The van der Waals surface area contributed by atoms with E-state index in [1.54, 1.807) is 0 Å². The van der Waals surface area contributed by atoms with Gasteiger partial charge in [0.2, 0.25) is 0 Å². The van der Waals surface area contributed by atoms with Crippen LogP contribution in [0.4, 0.5) is 0 Å². The van der Waals surface area contributed by atoms with E-state index in [0.717, 1.165) is 0 Å². The first-order valence-corrected chi connectivity index (χ1v) is 555. The molecule has 0 radical (unpaired) electrons. The van der Waals surface area contributed by atoms with Gasteiger partial charge in [-0.15, -0.1) is 0 Å². The van der Waals surface area contributed by atoms with Gasteiger partial charge in [-0.05, 0) is 1270 Å². The van der Waals surface area contributed by atoms with Crippen molar-refractivity contribution in [3.05, 3.63) is 0 Å². The summed E-state index contributed by atoms with van der Waals surface area (Å²) in [6.45, 7) is 0. The normalized spacial score (nSPS) is 35.5. The van der Waals surface area contributed by atoms with Gasteiger partial charge in [-0.2, -0.15) is 0 Å². The van der Waals surface area contributed by atoms with Crippen molar-refractivity contribution in [2.75, 3.05) is 0 Å². The van der Waals surface area contributed by atoms with Gasteiger partial charge in [0.05, 0.1) is 0 Å². The first-order valence-electron chi connectivity index (χ1n) is 61.7. The van der Waals surface area contributed by atoms with Crippen LogP contribution in [0, 0.1) is 0 Å². The molecule has 0 N–H and O–H groups in total. The fourth-order valence-electron chi connectivity index (χ4n) is 62.2. The zero-order valence-electron chi connectivity index (χ0n) is 124. The van der Waals surface area contributed by atoms with Crippen molar-refractivity contribution in [1.82, 2.24) is 0 Å². The molecule has 2 unspecified atom stereocenters. The van der Waals surface area contributed by atoms with Gasteiger partial charge in [0.25, 0.3) is 0 Å². The Morgan fingerprint density at radius 1 is 0.0608 bits per heavy atom. The topological polar surface area (TPSA) is 0 Å². The van der Waals surface area contributed by atoms with Gasteiger partial charge in [-0.3, -0.25) is 0 Å². The van der Waals surface area contributed by atoms with E-state index in [1.165, 1.54) is 0 Å². The summed E-state index contributed by atoms with van der Waals surface area (Å²) in [6.07, 6.45) is -73.6. The second-order valence-corrected chi connectivity index (χ2v) is 2310. The molecule has 0 saturated heterocycles. The maximum Gasteiger partial charge on any atom is -0.0000262 e. The van der Waals surface area contributed by atoms with Gasteiger partial charge in [0, 0.05) is 0 Å². The SMILES string of the molecule is [SiH3][SiH]([SiH3])[Si]([SiH3])([Si]([SiH3])([SiH3])[SiH3])[Si]([Si]([SiH3])([SiH3])[SiH3])([Si]([Si]([SiH3])([SiH3])[SiH3])([Si]([SiH3])([SiH3])[SiH3])[Si]([SiH3])([SiH3])[SiH3])[Si]([Si]([Si]([Si]([SiH3])([SiH3])[SiH3])([Si]([SiH3])([SiH3])[SiH3])[Si]([SiH3])([SiH3])[SiH3])([Si]([Si]([SiH3])([SiH3])[SiH3])([Si]([SiH3])([SiH3])[SiH3])[Si]([SiH3])([SiH3])[SiH3])[Si]([Si]([SiH3])([SiH3])[SiH3])([Si]([SiH3])([SiH3])[SiH3])[Si]([SiH3])([SiH3])[SiH3])([Si]([Si]([Si]([SiH3])([SiH3])[SiH3])([Si]([SiH3])([SiH3])[SiH3])[Si]([SiH3])([SiH3])[SiH3])([Si]([Si]([SiH3])([SiH3])[SiH3])([Si]([SiH3])([SiH3])[SiH3])[Si]([SiH3])([SiH3])[SiH3])[Si]([Si]([SiH3])([SiH3])[SiH3])([Si]([SiH3])([SiH3])[SiH3])[Si]([SiH3])([SiH3])[SiH3])[Si]([Si]([Si]([SiH3])([SiH3])[SiH3])([Si]([SiH3])([SiH3])[SiH3])[Si]([SiH3])([SiH3])[SiH3])([Si]([Si]([SiH3])([SiH3])[SiH3])([Si]([SiH3])([SiH3])[SiH3])[Si]([SiH3])([SiH3])[SiH3])[Si]([Si]([SiH3])([SiH3])[SiH3])([Si]([SiH3])([SiH3])[SiH3])[Si]([SiH3])([SiH3])[SiH3]. The van der Waals surface area contributed by atoms with Crippen LogP contribution in [0.2, 0.25) is 0 Å². The molecule has 0 aliphatic rings. The molecule has 0 spiro atoms. The third kappa shape index (κ3) is 26.3. The summed E-state index contributed by atoms with van der Waals surface area (Å²) in [5.74, 6) is 0. The van der Waals surface area contributed by atoms with Crippen molar-refractivity contribution in [2.24, 2.45) is 0 Å². The predicted molar refractivity (Wildman–Crippen MR) is 1270 cm³/mol. The molecule has 0 amide bonds. The second-order valence-electron chi connectivity index (χ2n) is 85.6. The summed E-state index contributed by atoms with van der Waals surface area (Å²) in [5, 5.41) is 0. The van der Waals surface area contributed by atoms with E-state index in [1.807, 2.05) is 0 Å². The van der Waals surface area contributed by atoms with Crippen LogP contribution in [0.3, 0.4) is 0 Å². The minimum atomic E-state index is -2.35. The first kappa shape index (κ1) is 180. The van der Waals surface area contributed by atoms with Gasteiger partial charge in [0.1, 0.15) is 0 Å². The lowest BCUT2D eigenvalue weighted by atomic mass is 25.0. The molecule has 148 heteroatoms. The molecular weight excluding hydrogens is 4160 g/mol. The van der Waals surface area contributed by atoms with E-state index in [2.05, 4.69) is 966 Å². The molecule has 0 aliphatic carbocycles. The summed E-state index contributed by atoms with van der Waals surface area (Å²) in [6, 6.07) is 0. The molecule has 0 nitrogen and oxygen atoms in total. The molecule has 2 atom stereocenters. The number of hydrogen-bond donors (Lipinski definition) is 0. The molecule has 0 aromatic heterocycles. The van der Waals surface area contributed by atoms with Crippen LogP contribution in [0.25, 0.3) is 0 Å². The van der Waals surface area contributed by atoms with E-state index in [0.29, 0.717) is 0 Å². The number of hydrogen-bond acceptors (Lipinski definition) is 0. The van der Waals surface area contributed by atoms with Crippen molar-refractivity contribution < 1.29 is 0 Å². The summed E-state index contributed by atoms with van der Waals surface area (Å²) in [7, 11) is 251. The Morgan fingerprint density at radius 3 is 0.149 bits per heavy atom. The second kappa shape index (κ2) is 54.4. The maximum absolute atomic E-state index is 2.79. The molecule has 890 valence electrons. The molecule has 0 rings (SSSR count). The fraction of sp³-hybridized carbons (Fsp3) is 0. The summed E-state index contributed by atoms with van der Waals surface area (Å²) in [4.78, 5) is 0. The highest BCUT2D eigenvalue weighted by Gasteiger charge is 3.14. The van der Waals surface area contributed by atoms with Gasteiger partial charge in [0.15, 0.2) is 0 Å². The molecule has 0 bridgehead atoms. The molecule has 0 aromatic carbocycles. The average Bonchev–Trinajstić information content (AvgIpc) is 0.552. The molecule has 0 heterocycles. The summed E-state index contributed by atoms with van der Waals surface area (Å²) >= 11 is 0. The summed E-state index contributed by atoms with van der Waals surface area (Å²) in [5.41, 5.74) is 0. The van der Waals surface area contributed by atoms with Crippen LogP contribution < -0.4 is 0 Å². The van der Waals surface area contributed by atoms with Crippen molar-refractivity contribution >= 4 is 1270 Å². The Kier molecular flexibility index (Phi) is 66.2. The summed E-state index contributed by atoms with van der Waals surface area (Å²) < 4.78 is 0. The first-order chi connectivity index (χ1) is 61.7. The van der Waals surface area contributed by atoms with Crippen LogP contribution in [0.15, 0.2) is 0 Å². The van der Waals surface area contributed by atoms with Gasteiger partial charge < -0.3 is 0 Å². The Morgan fingerprint density at radius 2 is 0.108 bits per heavy atom. The van der Waals surface area contributed by atoms with Crippen LogP contribution in [0.1, 0.15) is 0 Å². The quantitative estimate of drug-likeness (QED) is 0.0533. The average molecular weight is 4460 g/mol. The molecule has 0 fully saturated rings. The van der Waals surface area contributed by atoms with Crippen molar-refractivity contribution in [3.63, 3.8) is 0 Å². The smallest absolute Gasteiger partial charge is 0.0000262 e. The van der Waals surface area contributed by atoms with Crippen molar-refractivity contribution in [1.29, 1.82) is 0 Å². The van der Waals surface area contributed by atoms with E-state index >= 15 is 0 Å². The van der Waals surface area contributed by atoms with E-state index in [4.69, 9.17) is 0 Å². The number of rotatable bonds is 48. The van der Waals surface area contributed by atoms with Crippen molar-refractivity contribution in [2.45, 2.75) is 0 Å². The molecule has 0 aromatic rings. The Hall–Kier alpha value is 32.1. The van der Waals surface area contributed by atoms with Crippen molar-refractivity contribution in [3.8, 4) is 0 Å². The van der Waals surface area contributed by atoms with E-state index in [9.17, 15) is 0 Å². The minimum Gasteiger partial charge on any atom is -0.0114 e. The highest BCUT2D eigenvalue weighted by atomic mass is 31.2. The Labute approximate surface area is 1240 Å². The molecule has 148 heavy (non-hydrogen) atoms. The fourth-order valence-corrected chi connectivity index (χ4v) is 15100. The monoisotopic (exact) mass is 4440 g/mol. The van der Waals surface area contributed by atoms with E-state index in [-0.39, 0.29) is 0 Å². The zero-order chi connectivity index (χ0) is 124. The highest BCUT2D eigenvalue weighted by molar-refractivity contribution is 8.90. The van der Waals surface area contributed by atoms with Gasteiger partial charge >= 0.3 is 0 Å². The third-order valence-electron chi connectivity index (χ3n) is 46.2. The zero-order valence-corrected chi connectivity index (χ0v) is 371. The van der Waals surface area contributed by atoms with Crippen LogP contribution in [0.5, 0.6) is 0 Å². The highest BCUT2D eigenvalue weighted by Crippen LogP contribution is 2.77. The molecule has 0 saturated carbocycles. The molecular formula is H298Si148. The molecule has 0 aliphatic heterocycles. The lowest BCUT2D eigenvalue weighted by Crippen LogP contribution is -3.45. The Balaban J connectivity index is 25.7. The lowest BCUT2D eigenvalue weighted by molar-refractivity contribution is 2.68. The Bertz CT molecular complexity index is 3330. The predicted octanol–water partition coefficient (Wildman–Crippen LogP) is -136. The van der Waals surface area contributed by atoms with E-state index < -0.39 is 302 Å². The minimum absolute atomic E-state index is 0.703. The van der Waals surface area contributed by atoms with Gasteiger partial charge in [-0.1, -0.05) is 0 Å². The largest absolute Gasteiger partial charge is 0.0114 e. The van der Waals surface area contributed by atoms with Crippen LogP contribution in [-0.4, -0.2) is 1270 Å². The van der Waals surface area contributed by atoms with Crippen LogP contribution in [-0.2, 0) is 0 Å². The third-order valence-corrected chi connectivity index (χ3v) is 3750. The lowest BCUT2D eigenvalue weighted by Gasteiger charge is -3.08. The van der Waals surface area contributed by atoms with Gasteiger partial charge in [-0.25, -0.2) is 0 Å². The standard InChI is InChI=1S/H298Si148/c1-100(2)133(99,101(3,4)5)144(132(96,97)98,134(102(6,7)8,103(9,10)11)104(12,13)14)148(145(135(105(15,16)17,106(18,19)20)107(21,22)23,136(108(24,25)26,109(27,28)29)110(30,31)32)137(111(33,34)35,112(36,37)38)113(39,40)41,146(138(114(42,43)44,115(45,46)47)116(48,49)50,139(117(51,52)53,118(54,55)56)119(57,58)59)140(120(60,61)62,121(63,64)65)122(66,67)68)147(141(123(69,70)71,124(72,73)74)125(75,76)77,142(126(78,79)80,127(81,82)83)128(84,85)86)143(129(87,88)89,130(90,91)92)131(93,94)95/h100H,1-99H3. The van der Waals surface area contributed by atoms with Crippen LogP contribution >= 0.6 is 0 Å².